The Morgan fingerprint density at radius 2 is 1.61 bits per heavy atom. The van der Waals surface area contributed by atoms with Gasteiger partial charge in [0.25, 0.3) is 5.56 Å². The normalized spacial score (nSPS) is 10.5. The maximum atomic E-state index is 13.3. The van der Waals surface area contributed by atoms with Crippen LogP contribution in [0.25, 0.3) is 0 Å². The maximum absolute atomic E-state index is 13.3. The number of carbonyl (C=O) groups excluding carboxylic acids is 1. The van der Waals surface area contributed by atoms with Gasteiger partial charge in [-0.15, -0.1) is 0 Å². The summed E-state index contributed by atoms with van der Waals surface area (Å²) in [6, 6.07) is 25.5. The van der Waals surface area contributed by atoms with E-state index in [9.17, 15) is 9.59 Å². The number of anilines is 2. The average molecular weight is 441 g/mol. The summed E-state index contributed by atoms with van der Waals surface area (Å²) in [6.45, 7) is 2.38. The van der Waals surface area contributed by atoms with Crippen molar-refractivity contribution in [2.45, 2.75) is 13.5 Å². The average Bonchev–Trinajstić information content (AvgIpc) is 2.85. The van der Waals surface area contributed by atoms with E-state index >= 15 is 0 Å². The Bertz CT molecular complexity index is 1270. The van der Waals surface area contributed by atoms with Crippen LogP contribution in [-0.4, -0.2) is 22.4 Å². The Hall–Kier alpha value is -4.39. The van der Waals surface area contributed by atoms with Crippen molar-refractivity contribution in [3.8, 4) is 11.5 Å². The van der Waals surface area contributed by atoms with Crippen LogP contribution in [0.1, 0.15) is 22.8 Å². The van der Waals surface area contributed by atoms with E-state index in [0.29, 0.717) is 35.9 Å². The van der Waals surface area contributed by atoms with Gasteiger partial charge in [-0.3, -0.25) is 4.79 Å². The second kappa shape index (κ2) is 10.3. The summed E-state index contributed by atoms with van der Waals surface area (Å²) in [7, 11) is 0. The number of nitrogens with one attached hydrogen (secondary N) is 1. The molecular formula is C26H23N3O4. The van der Waals surface area contributed by atoms with E-state index in [1.807, 2.05) is 48.5 Å². The first-order valence-corrected chi connectivity index (χ1v) is 10.5. The van der Waals surface area contributed by atoms with Gasteiger partial charge in [0.05, 0.1) is 24.9 Å². The van der Waals surface area contributed by atoms with Gasteiger partial charge in [0, 0.05) is 5.69 Å². The SMILES string of the molecule is CCOC(=O)c1ccc(Nc2c(Oc3ccccc3)cnn(Cc3ccccc3)c2=O)cc1. The van der Waals surface area contributed by atoms with Gasteiger partial charge in [-0.05, 0) is 48.9 Å². The summed E-state index contributed by atoms with van der Waals surface area (Å²) in [5.41, 5.74) is 1.92. The molecule has 7 heteroatoms. The van der Waals surface area contributed by atoms with Crippen LogP contribution >= 0.6 is 0 Å². The van der Waals surface area contributed by atoms with Gasteiger partial charge in [0.2, 0.25) is 0 Å². The van der Waals surface area contributed by atoms with Crippen molar-refractivity contribution in [3.05, 3.63) is 113 Å². The zero-order chi connectivity index (χ0) is 23.0. The van der Waals surface area contributed by atoms with Crippen molar-refractivity contribution in [3.63, 3.8) is 0 Å². The molecule has 166 valence electrons. The highest BCUT2D eigenvalue weighted by molar-refractivity contribution is 5.90. The fourth-order valence-corrected chi connectivity index (χ4v) is 3.20. The molecule has 0 radical (unpaired) electrons. The Labute approximate surface area is 191 Å². The van der Waals surface area contributed by atoms with E-state index in [0.717, 1.165) is 5.56 Å². The van der Waals surface area contributed by atoms with Gasteiger partial charge in [0.1, 0.15) is 5.75 Å². The van der Waals surface area contributed by atoms with Crippen LogP contribution < -0.4 is 15.6 Å². The smallest absolute Gasteiger partial charge is 0.338 e. The van der Waals surface area contributed by atoms with Gasteiger partial charge < -0.3 is 14.8 Å². The zero-order valence-electron chi connectivity index (χ0n) is 18.1. The molecule has 1 heterocycles. The van der Waals surface area contributed by atoms with Crippen LogP contribution in [0.4, 0.5) is 11.4 Å². The fourth-order valence-electron chi connectivity index (χ4n) is 3.20. The van der Waals surface area contributed by atoms with Gasteiger partial charge >= 0.3 is 5.97 Å². The molecule has 0 unspecified atom stereocenters. The van der Waals surface area contributed by atoms with Crippen LogP contribution in [-0.2, 0) is 11.3 Å². The summed E-state index contributed by atoms with van der Waals surface area (Å²) in [4.78, 5) is 25.3. The van der Waals surface area contributed by atoms with Crippen molar-refractivity contribution in [1.29, 1.82) is 0 Å². The van der Waals surface area contributed by atoms with E-state index in [1.165, 1.54) is 10.9 Å². The highest BCUT2D eigenvalue weighted by Gasteiger charge is 2.15. The van der Waals surface area contributed by atoms with Crippen molar-refractivity contribution in [1.82, 2.24) is 9.78 Å². The number of carbonyl (C=O) groups is 1. The molecule has 0 aliphatic carbocycles. The molecule has 0 saturated carbocycles. The minimum atomic E-state index is -0.397. The van der Waals surface area contributed by atoms with Crippen molar-refractivity contribution in [2.24, 2.45) is 0 Å². The van der Waals surface area contributed by atoms with Gasteiger partial charge in [-0.2, -0.15) is 5.10 Å². The molecule has 0 atom stereocenters. The molecule has 3 aromatic carbocycles. The quantitative estimate of drug-likeness (QED) is 0.387. The lowest BCUT2D eigenvalue weighted by Crippen LogP contribution is -2.26. The van der Waals surface area contributed by atoms with Gasteiger partial charge in [-0.25, -0.2) is 9.48 Å². The number of ether oxygens (including phenoxy) is 2. The van der Waals surface area contributed by atoms with Gasteiger partial charge in [-0.1, -0.05) is 48.5 Å². The van der Waals surface area contributed by atoms with E-state index in [2.05, 4.69) is 10.4 Å². The third-order valence-corrected chi connectivity index (χ3v) is 4.82. The highest BCUT2D eigenvalue weighted by Crippen LogP contribution is 2.28. The Balaban J connectivity index is 1.67. The molecule has 0 amide bonds. The van der Waals surface area contributed by atoms with E-state index in [1.54, 1.807) is 43.3 Å². The minimum absolute atomic E-state index is 0.244. The summed E-state index contributed by atoms with van der Waals surface area (Å²) >= 11 is 0. The molecule has 4 aromatic rings. The molecular weight excluding hydrogens is 418 g/mol. The number of nitrogens with zero attached hydrogens (tertiary/aromatic N) is 2. The number of aromatic nitrogens is 2. The zero-order valence-corrected chi connectivity index (χ0v) is 18.1. The molecule has 0 fully saturated rings. The van der Waals surface area contributed by atoms with E-state index in [4.69, 9.17) is 9.47 Å². The van der Waals surface area contributed by atoms with Crippen LogP contribution in [0.3, 0.4) is 0 Å². The predicted molar refractivity (Wildman–Crippen MR) is 126 cm³/mol. The van der Waals surface area contributed by atoms with Gasteiger partial charge in [0.15, 0.2) is 11.4 Å². The van der Waals surface area contributed by atoms with E-state index in [-0.39, 0.29) is 11.2 Å². The van der Waals surface area contributed by atoms with Crippen molar-refractivity contribution >= 4 is 17.3 Å². The van der Waals surface area contributed by atoms with Crippen molar-refractivity contribution < 1.29 is 14.3 Å². The summed E-state index contributed by atoms with van der Waals surface area (Å²) in [5.74, 6) is 0.483. The second-order valence-corrected chi connectivity index (χ2v) is 7.17. The molecule has 0 bridgehead atoms. The first-order chi connectivity index (χ1) is 16.1. The van der Waals surface area contributed by atoms with Crippen LogP contribution in [0.15, 0.2) is 95.9 Å². The first-order valence-electron chi connectivity index (χ1n) is 10.5. The lowest BCUT2D eigenvalue weighted by atomic mass is 10.2. The predicted octanol–water partition coefficient (Wildman–Crippen LogP) is 5.00. The number of hydrogen-bond donors (Lipinski definition) is 1. The topological polar surface area (TPSA) is 82.4 Å². The number of esters is 1. The Morgan fingerprint density at radius 3 is 2.27 bits per heavy atom. The molecule has 33 heavy (non-hydrogen) atoms. The van der Waals surface area contributed by atoms with Crippen LogP contribution in [0.2, 0.25) is 0 Å². The molecule has 0 aliphatic heterocycles. The summed E-state index contributed by atoms with van der Waals surface area (Å²) in [6.07, 6.45) is 1.52. The maximum Gasteiger partial charge on any atom is 0.338 e. The minimum Gasteiger partial charge on any atom is -0.462 e. The third-order valence-electron chi connectivity index (χ3n) is 4.82. The second-order valence-electron chi connectivity index (χ2n) is 7.17. The molecule has 0 aliphatic rings. The number of hydrogen-bond acceptors (Lipinski definition) is 6. The molecule has 1 aromatic heterocycles. The lowest BCUT2D eigenvalue weighted by molar-refractivity contribution is 0.0526. The Kier molecular flexibility index (Phi) is 6.80. The van der Waals surface area contributed by atoms with E-state index < -0.39 is 5.97 Å². The molecule has 4 rings (SSSR count). The van der Waals surface area contributed by atoms with Crippen LogP contribution in [0.5, 0.6) is 11.5 Å². The highest BCUT2D eigenvalue weighted by atomic mass is 16.5. The first kappa shape index (κ1) is 21.8. The number of rotatable bonds is 8. The van der Waals surface area contributed by atoms with Crippen molar-refractivity contribution in [2.75, 3.05) is 11.9 Å². The Morgan fingerprint density at radius 1 is 0.939 bits per heavy atom. The fraction of sp³-hybridized carbons (Fsp3) is 0.115. The molecule has 0 spiro atoms. The third kappa shape index (κ3) is 5.46. The molecule has 0 saturated heterocycles. The molecule has 7 nitrogen and oxygen atoms in total. The summed E-state index contributed by atoms with van der Waals surface area (Å²) < 4.78 is 12.3. The molecule has 1 N–H and O–H groups in total. The standard InChI is InChI=1S/C26H23N3O4/c1-2-32-26(31)20-13-15-21(16-14-20)28-24-23(33-22-11-7-4-8-12-22)17-27-29(25(24)30)18-19-9-5-3-6-10-19/h3-17,28H,2,18H2,1H3. The summed E-state index contributed by atoms with van der Waals surface area (Å²) in [5, 5.41) is 7.44. The number of para-hydroxylation sites is 1. The largest absolute Gasteiger partial charge is 0.462 e. The lowest BCUT2D eigenvalue weighted by Gasteiger charge is -2.15. The number of benzene rings is 3. The van der Waals surface area contributed by atoms with Crippen LogP contribution in [0, 0.1) is 0 Å². The monoisotopic (exact) mass is 441 g/mol.